The third-order valence-corrected chi connectivity index (χ3v) is 3.17. The van der Waals surface area contributed by atoms with Gasteiger partial charge in [-0.3, -0.25) is 4.79 Å². The highest BCUT2D eigenvalue weighted by Crippen LogP contribution is 2.22. The minimum atomic E-state index is -0.127. The Kier molecular flexibility index (Phi) is 3.31. The highest BCUT2D eigenvalue weighted by molar-refractivity contribution is 6.20. The van der Waals surface area contributed by atoms with Gasteiger partial charge >= 0.3 is 0 Å². The maximum absolute atomic E-state index is 11.6. The Balaban J connectivity index is 1.85. The molecule has 1 aliphatic carbocycles. The van der Waals surface area contributed by atoms with Gasteiger partial charge in [-0.1, -0.05) is 0 Å². The van der Waals surface area contributed by atoms with Crippen LogP contribution in [0.2, 0.25) is 0 Å². The molecule has 1 fully saturated rings. The largest absolute Gasteiger partial charge is 0.459 e. The first kappa shape index (κ1) is 10.6. The normalized spacial score (nSPS) is 26.2. The van der Waals surface area contributed by atoms with Crippen LogP contribution in [0.3, 0.4) is 0 Å². The maximum atomic E-state index is 11.6. The molecule has 1 saturated carbocycles. The molecule has 0 aromatic carbocycles. The number of furan rings is 1. The zero-order valence-corrected chi connectivity index (χ0v) is 9.17. The number of hydrogen-bond donors (Lipinski definition) is 1. The summed E-state index contributed by atoms with van der Waals surface area (Å²) in [6.45, 7) is 0. The summed E-state index contributed by atoms with van der Waals surface area (Å²) in [6.07, 6.45) is 5.38. The zero-order valence-electron chi connectivity index (χ0n) is 8.41. The average Bonchev–Trinajstić information content (AvgIpc) is 2.74. The van der Waals surface area contributed by atoms with Crippen LogP contribution in [0.4, 0.5) is 0 Å². The van der Waals surface area contributed by atoms with Crippen LogP contribution in [0.5, 0.6) is 0 Å². The Morgan fingerprint density at radius 2 is 2.13 bits per heavy atom. The molecule has 1 amide bonds. The van der Waals surface area contributed by atoms with E-state index in [1.165, 1.54) is 6.26 Å². The molecule has 0 spiro atoms. The lowest BCUT2D eigenvalue weighted by Crippen LogP contribution is -2.37. The lowest BCUT2D eigenvalue weighted by Gasteiger charge is -2.25. The summed E-state index contributed by atoms with van der Waals surface area (Å²) in [5.74, 6) is 0.251. The van der Waals surface area contributed by atoms with E-state index in [0.717, 1.165) is 25.7 Å². The Bertz CT molecular complexity index is 315. The number of nitrogens with one attached hydrogen (secondary N) is 1. The molecule has 1 aromatic rings. The summed E-state index contributed by atoms with van der Waals surface area (Å²) in [7, 11) is 0. The minimum absolute atomic E-state index is 0.127. The van der Waals surface area contributed by atoms with Crippen molar-refractivity contribution in [3.63, 3.8) is 0 Å². The fourth-order valence-electron chi connectivity index (χ4n) is 1.86. The average molecular weight is 228 g/mol. The quantitative estimate of drug-likeness (QED) is 0.789. The van der Waals surface area contributed by atoms with Crippen LogP contribution in [-0.4, -0.2) is 17.3 Å². The van der Waals surface area contributed by atoms with E-state index < -0.39 is 0 Å². The molecular formula is C11H14ClNO2. The van der Waals surface area contributed by atoms with Gasteiger partial charge in [-0.05, 0) is 37.8 Å². The van der Waals surface area contributed by atoms with E-state index in [-0.39, 0.29) is 17.3 Å². The second-order valence-corrected chi connectivity index (χ2v) is 4.52. The molecule has 15 heavy (non-hydrogen) atoms. The summed E-state index contributed by atoms with van der Waals surface area (Å²) in [5.41, 5.74) is 0. The van der Waals surface area contributed by atoms with Gasteiger partial charge in [0.25, 0.3) is 5.91 Å². The Labute approximate surface area is 93.8 Å². The van der Waals surface area contributed by atoms with Crippen LogP contribution in [0.1, 0.15) is 36.2 Å². The molecule has 0 bridgehead atoms. The fraction of sp³-hybridized carbons (Fsp3) is 0.545. The molecule has 0 atom stereocenters. The molecule has 1 heterocycles. The van der Waals surface area contributed by atoms with Crippen molar-refractivity contribution >= 4 is 17.5 Å². The first-order valence-electron chi connectivity index (χ1n) is 5.24. The topological polar surface area (TPSA) is 42.2 Å². The summed E-state index contributed by atoms with van der Waals surface area (Å²) >= 11 is 5.99. The van der Waals surface area contributed by atoms with Crippen molar-refractivity contribution in [2.75, 3.05) is 0 Å². The van der Waals surface area contributed by atoms with Crippen molar-refractivity contribution in [3.8, 4) is 0 Å². The van der Waals surface area contributed by atoms with Crippen LogP contribution < -0.4 is 5.32 Å². The van der Waals surface area contributed by atoms with Crippen molar-refractivity contribution in [2.45, 2.75) is 37.1 Å². The molecule has 0 radical (unpaired) electrons. The highest BCUT2D eigenvalue weighted by Gasteiger charge is 2.21. The third kappa shape index (κ3) is 2.75. The zero-order chi connectivity index (χ0) is 10.7. The van der Waals surface area contributed by atoms with E-state index in [9.17, 15) is 4.79 Å². The van der Waals surface area contributed by atoms with E-state index in [1.54, 1.807) is 12.1 Å². The van der Waals surface area contributed by atoms with Gasteiger partial charge in [0.1, 0.15) is 0 Å². The lowest BCUT2D eigenvalue weighted by molar-refractivity contribution is 0.0900. The summed E-state index contributed by atoms with van der Waals surface area (Å²) in [5, 5.41) is 3.23. The summed E-state index contributed by atoms with van der Waals surface area (Å²) in [4.78, 5) is 11.6. The van der Waals surface area contributed by atoms with E-state index in [0.29, 0.717) is 5.76 Å². The third-order valence-electron chi connectivity index (χ3n) is 2.74. The second-order valence-electron chi connectivity index (χ2n) is 3.90. The van der Waals surface area contributed by atoms with E-state index in [1.807, 2.05) is 0 Å². The van der Waals surface area contributed by atoms with Crippen molar-refractivity contribution < 1.29 is 9.21 Å². The van der Waals surface area contributed by atoms with Gasteiger partial charge in [0, 0.05) is 11.4 Å². The van der Waals surface area contributed by atoms with Gasteiger partial charge in [-0.25, -0.2) is 0 Å². The van der Waals surface area contributed by atoms with Gasteiger partial charge in [-0.15, -0.1) is 11.6 Å². The molecule has 1 aromatic heterocycles. The lowest BCUT2D eigenvalue weighted by atomic mass is 9.95. The van der Waals surface area contributed by atoms with Gasteiger partial charge in [0.05, 0.1) is 6.26 Å². The fourth-order valence-corrected chi connectivity index (χ4v) is 2.11. The van der Waals surface area contributed by atoms with Crippen LogP contribution in [0.25, 0.3) is 0 Å². The van der Waals surface area contributed by atoms with Crippen LogP contribution in [-0.2, 0) is 0 Å². The van der Waals surface area contributed by atoms with Gasteiger partial charge < -0.3 is 9.73 Å². The monoisotopic (exact) mass is 227 g/mol. The first-order valence-corrected chi connectivity index (χ1v) is 5.68. The van der Waals surface area contributed by atoms with E-state index in [4.69, 9.17) is 16.0 Å². The second kappa shape index (κ2) is 4.71. The predicted octanol–water partition coefficient (Wildman–Crippen LogP) is 2.56. The predicted molar refractivity (Wildman–Crippen MR) is 58.1 cm³/mol. The number of carbonyl (C=O) groups is 1. The Morgan fingerprint density at radius 1 is 1.40 bits per heavy atom. The number of alkyl halides is 1. The molecule has 1 N–H and O–H groups in total. The summed E-state index contributed by atoms with van der Waals surface area (Å²) in [6, 6.07) is 3.63. The van der Waals surface area contributed by atoms with Crippen LogP contribution in [0.15, 0.2) is 22.8 Å². The molecular weight excluding hydrogens is 214 g/mol. The molecule has 2 rings (SSSR count). The molecule has 0 saturated heterocycles. The van der Waals surface area contributed by atoms with Crippen molar-refractivity contribution in [1.29, 1.82) is 0 Å². The van der Waals surface area contributed by atoms with Crippen molar-refractivity contribution in [1.82, 2.24) is 5.32 Å². The van der Waals surface area contributed by atoms with Crippen LogP contribution >= 0.6 is 11.6 Å². The number of rotatable bonds is 2. The standard InChI is InChI=1S/C11H14ClNO2/c12-8-3-5-9(6-4-8)13-11(14)10-2-1-7-15-10/h1-2,7-9H,3-6H2,(H,13,14). The first-order chi connectivity index (χ1) is 7.25. The SMILES string of the molecule is O=C(NC1CCC(Cl)CC1)c1ccco1. The Morgan fingerprint density at radius 3 is 2.73 bits per heavy atom. The van der Waals surface area contributed by atoms with Crippen molar-refractivity contribution in [3.05, 3.63) is 24.2 Å². The molecule has 82 valence electrons. The van der Waals surface area contributed by atoms with Gasteiger partial charge in [-0.2, -0.15) is 0 Å². The molecule has 4 heteroatoms. The number of halogens is 1. The molecule has 0 aliphatic heterocycles. The van der Waals surface area contributed by atoms with Crippen molar-refractivity contribution in [2.24, 2.45) is 0 Å². The minimum Gasteiger partial charge on any atom is -0.459 e. The van der Waals surface area contributed by atoms with Crippen LogP contribution in [0, 0.1) is 0 Å². The number of carbonyl (C=O) groups excluding carboxylic acids is 1. The molecule has 1 aliphatic rings. The van der Waals surface area contributed by atoms with E-state index >= 15 is 0 Å². The van der Waals surface area contributed by atoms with Gasteiger partial charge in [0.2, 0.25) is 0 Å². The number of amides is 1. The number of hydrogen-bond acceptors (Lipinski definition) is 2. The molecule has 3 nitrogen and oxygen atoms in total. The Hall–Kier alpha value is -0.960. The highest BCUT2D eigenvalue weighted by atomic mass is 35.5. The van der Waals surface area contributed by atoms with E-state index in [2.05, 4.69) is 5.32 Å². The maximum Gasteiger partial charge on any atom is 0.287 e. The van der Waals surface area contributed by atoms with Gasteiger partial charge in [0.15, 0.2) is 5.76 Å². The summed E-state index contributed by atoms with van der Waals surface area (Å²) < 4.78 is 5.02. The molecule has 0 unspecified atom stereocenters. The smallest absolute Gasteiger partial charge is 0.287 e.